The van der Waals surface area contributed by atoms with E-state index in [1.165, 1.54) is 29.4 Å². The second kappa shape index (κ2) is 7.67. The fraction of sp³-hybridized carbons (Fsp3) is 0.150. The number of carbonyl (C=O) groups is 2. The van der Waals surface area contributed by atoms with Crippen LogP contribution >= 0.6 is 15.9 Å². The lowest BCUT2D eigenvalue weighted by Crippen LogP contribution is -2.43. The smallest absolute Gasteiger partial charge is 0.337 e. The van der Waals surface area contributed by atoms with Crippen LogP contribution in [0.1, 0.15) is 33.4 Å². The standard InChI is InChI=1S/C20H16BrFN4O3/c21-11-5-6-12(14(22)9-11)18-17-16(23-10-24-17)7-8-26(18)20(29)25-15-4-2-1-3-13(15)19(27)28/h1-6,9-10,18H,7-8H2,(H,23,24)(H,25,29)(H,27,28)/t18-/m1/s1. The van der Waals surface area contributed by atoms with Gasteiger partial charge in [-0.05, 0) is 24.3 Å². The number of urea groups is 1. The van der Waals surface area contributed by atoms with Crippen molar-refractivity contribution in [2.45, 2.75) is 12.5 Å². The summed E-state index contributed by atoms with van der Waals surface area (Å²) < 4.78 is 15.4. The average molecular weight is 459 g/mol. The van der Waals surface area contributed by atoms with Crippen LogP contribution in [-0.2, 0) is 6.42 Å². The molecule has 0 bridgehead atoms. The molecule has 0 unspecified atom stereocenters. The molecule has 0 saturated carbocycles. The summed E-state index contributed by atoms with van der Waals surface area (Å²) in [7, 11) is 0. The lowest BCUT2D eigenvalue weighted by molar-refractivity contribution is 0.0698. The molecule has 3 N–H and O–H groups in total. The van der Waals surface area contributed by atoms with Gasteiger partial charge in [-0.2, -0.15) is 0 Å². The van der Waals surface area contributed by atoms with Gasteiger partial charge in [-0.1, -0.05) is 34.1 Å². The van der Waals surface area contributed by atoms with E-state index in [2.05, 4.69) is 31.2 Å². The topological polar surface area (TPSA) is 98.3 Å². The van der Waals surface area contributed by atoms with Gasteiger partial charge in [-0.3, -0.25) is 0 Å². The molecule has 0 radical (unpaired) electrons. The van der Waals surface area contributed by atoms with Gasteiger partial charge in [-0.15, -0.1) is 0 Å². The molecule has 29 heavy (non-hydrogen) atoms. The number of hydrogen-bond donors (Lipinski definition) is 3. The summed E-state index contributed by atoms with van der Waals surface area (Å²) >= 11 is 3.24. The van der Waals surface area contributed by atoms with E-state index in [1.54, 1.807) is 24.3 Å². The number of rotatable bonds is 3. The molecule has 1 aliphatic rings. The molecule has 3 aromatic rings. The summed E-state index contributed by atoms with van der Waals surface area (Å²) in [5.41, 5.74) is 1.87. The summed E-state index contributed by atoms with van der Waals surface area (Å²) in [6.07, 6.45) is 2.05. The molecule has 2 heterocycles. The molecular weight excluding hydrogens is 443 g/mol. The number of halogens is 2. The minimum atomic E-state index is -1.15. The van der Waals surface area contributed by atoms with Gasteiger partial charge >= 0.3 is 12.0 Å². The number of carboxylic acids is 1. The molecule has 7 nitrogen and oxygen atoms in total. The van der Waals surface area contributed by atoms with Gasteiger partial charge in [0.2, 0.25) is 0 Å². The first-order valence-corrected chi connectivity index (χ1v) is 9.62. The third-order valence-electron chi connectivity index (χ3n) is 4.84. The van der Waals surface area contributed by atoms with Crippen LogP contribution in [0.25, 0.3) is 0 Å². The Labute approximate surface area is 173 Å². The van der Waals surface area contributed by atoms with Crippen LogP contribution in [0.5, 0.6) is 0 Å². The van der Waals surface area contributed by atoms with E-state index in [-0.39, 0.29) is 11.3 Å². The Morgan fingerprint density at radius 1 is 1.28 bits per heavy atom. The van der Waals surface area contributed by atoms with Gasteiger partial charge in [0.1, 0.15) is 11.9 Å². The van der Waals surface area contributed by atoms with Gasteiger partial charge in [0.15, 0.2) is 0 Å². The van der Waals surface area contributed by atoms with Crippen molar-refractivity contribution in [2.24, 2.45) is 0 Å². The van der Waals surface area contributed by atoms with Crippen molar-refractivity contribution in [3.8, 4) is 0 Å². The Hall–Kier alpha value is -3.20. The molecule has 148 valence electrons. The van der Waals surface area contributed by atoms with Crippen LogP contribution in [-0.4, -0.2) is 38.5 Å². The second-order valence-electron chi connectivity index (χ2n) is 6.56. The molecule has 0 aliphatic carbocycles. The number of carbonyl (C=O) groups excluding carboxylic acids is 1. The maximum absolute atomic E-state index is 14.8. The van der Waals surface area contributed by atoms with E-state index in [1.807, 2.05) is 0 Å². The maximum Gasteiger partial charge on any atom is 0.337 e. The van der Waals surface area contributed by atoms with Gasteiger partial charge < -0.3 is 20.3 Å². The highest BCUT2D eigenvalue weighted by molar-refractivity contribution is 9.10. The molecule has 0 saturated heterocycles. The van der Waals surface area contributed by atoms with Crippen molar-refractivity contribution in [1.29, 1.82) is 0 Å². The second-order valence-corrected chi connectivity index (χ2v) is 7.47. The monoisotopic (exact) mass is 458 g/mol. The van der Waals surface area contributed by atoms with Crippen LogP contribution in [0.15, 0.2) is 53.3 Å². The number of H-pyrrole nitrogens is 1. The molecule has 1 aromatic heterocycles. The third-order valence-corrected chi connectivity index (χ3v) is 5.34. The van der Waals surface area contributed by atoms with E-state index in [0.717, 1.165) is 5.69 Å². The van der Waals surface area contributed by atoms with Crippen molar-refractivity contribution in [3.05, 3.63) is 81.6 Å². The van der Waals surface area contributed by atoms with Gasteiger partial charge in [0, 0.05) is 28.7 Å². The first-order valence-electron chi connectivity index (χ1n) is 8.82. The van der Waals surface area contributed by atoms with Crippen LogP contribution in [0, 0.1) is 5.82 Å². The van der Waals surface area contributed by atoms with Crippen molar-refractivity contribution in [2.75, 3.05) is 11.9 Å². The average Bonchev–Trinajstić information content (AvgIpc) is 3.16. The number of hydrogen-bond acceptors (Lipinski definition) is 3. The van der Waals surface area contributed by atoms with E-state index in [4.69, 9.17) is 0 Å². The Bertz CT molecular complexity index is 1100. The molecule has 4 rings (SSSR count). The zero-order valence-corrected chi connectivity index (χ0v) is 16.6. The van der Waals surface area contributed by atoms with Crippen molar-refractivity contribution >= 4 is 33.6 Å². The fourth-order valence-electron chi connectivity index (χ4n) is 3.50. The third kappa shape index (κ3) is 3.61. The number of aromatic carboxylic acids is 1. The SMILES string of the molecule is O=C(O)c1ccccc1NC(=O)N1CCc2[nH]cnc2[C@H]1c1ccc(Br)cc1F. The van der Waals surface area contributed by atoms with Gasteiger partial charge in [0.05, 0.1) is 23.3 Å². The highest BCUT2D eigenvalue weighted by Crippen LogP contribution is 2.36. The Kier molecular flexibility index (Phi) is 5.06. The van der Waals surface area contributed by atoms with E-state index in [9.17, 15) is 19.1 Å². The Morgan fingerprint density at radius 3 is 2.83 bits per heavy atom. The number of para-hydroxylation sites is 1. The molecule has 9 heteroatoms. The summed E-state index contributed by atoms with van der Waals surface area (Å²) in [5, 5.41) is 12.0. The molecule has 2 amide bonds. The number of imidazole rings is 1. The predicted octanol–water partition coefficient (Wildman–Crippen LogP) is 4.19. The van der Waals surface area contributed by atoms with E-state index < -0.39 is 23.9 Å². The lowest BCUT2D eigenvalue weighted by atomic mass is 9.95. The first-order chi connectivity index (χ1) is 14.0. The maximum atomic E-state index is 14.8. The number of aromatic amines is 1. The van der Waals surface area contributed by atoms with Crippen LogP contribution in [0.2, 0.25) is 0 Å². The molecular formula is C20H16BrFN4O3. The highest BCUT2D eigenvalue weighted by Gasteiger charge is 2.36. The van der Waals surface area contributed by atoms with Crippen molar-refractivity contribution < 1.29 is 19.1 Å². The molecule has 0 spiro atoms. The predicted molar refractivity (Wildman–Crippen MR) is 107 cm³/mol. The number of fused-ring (bicyclic) bond motifs is 1. The molecule has 0 fully saturated rings. The van der Waals surface area contributed by atoms with Crippen molar-refractivity contribution in [1.82, 2.24) is 14.9 Å². The summed E-state index contributed by atoms with van der Waals surface area (Å²) in [4.78, 5) is 33.3. The zero-order valence-electron chi connectivity index (χ0n) is 15.0. The number of amides is 2. The largest absolute Gasteiger partial charge is 0.478 e. The van der Waals surface area contributed by atoms with Gasteiger partial charge in [-0.25, -0.2) is 19.0 Å². The molecule has 1 aliphatic heterocycles. The van der Waals surface area contributed by atoms with Crippen LogP contribution in [0.4, 0.5) is 14.9 Å². The molecule has 1 atom stereocenters. The quantitative estimate of drug-likeness (QED) is 0.547. The van der Waals surface area contributed by atoms with E-state index >= 15 is 0 Å². The number of benzene rings is 2. The number of nitrogens with one attached hydrogen (secondary N) is 2. The summed E-state index contributed by atoms with van der Waals surface area (Å²) in [5.74, 6) is -1.62. The number of anilines is 1. The van der Waals surface area contributed by atoms with Crippen molar-refractivity contribution in [3.63, 3.8) is 0 Å². The lowest BCUT2D eigenvalue weighted by Gasteiger charge is -2.35. The zero-order chi connectivity index (χ0) is 20.5. The normalized spacial score (nSPS) is 15.7. The van der Waals surface area contributed by atoms with Gasteiger partial charge in [0.25, 0.3) is 0 Å². The Balaban J connectivity index is 1.72. The number of aromatic nitrogens is 2. The first kappa shape index (κ1) is 19.1. The minimum absolute atomic E-state index is 0.0234. The fourth-order valence-corrected chi connectivity index (χ4v) is 3.83. The highest BCUT2D eigenvalue weighted by atomic mass is 79.9. The number of carboxylic acid groups (broad SMARTS) is 1. The van der Waals surface area contributed by atoms with Crippen LogP contribution < -0.4 is 5.32 Å². The van der Waals surface area contributed by atoms with E-state index in [0.29, 0.717) is 28.7 Å². The minimum Gasteiger partial charge on any atom is -0.478 e. The Morgan fingerprint density at radius 2 is 2.07 bits per heavy atom. The molecule has 2 aromatic carbocycles. The summed E-state index contributed by atoms with van der Waals surface area (Å²) in [6, 6.07) is 9.52. The number of nitrogens with zero attached hydrogens (tertiary/aromatic N) is 2. The van der Waals surface area contributed by atoms with Crippen LogP contribution in [0.3, 0.4) is 0 Å². The summed E-state index contributed by atoms with van der Waals surface area (Å²) in [6.45, 7) is 0.316.